The van der Waals surface area contributed by atoms with Gasteiger partial charge in [0.05, 0.1) is 0 Å². The summed E-state index contributed by atoms with van der Waals surface area (Å²) in [7, 11) is 2.03. The summed E-state index contributed by atoms with van der Waals surface area (Å²) in [4.78, 5) is 0. The number of aryl methyl sites for hydroxylation is 4. The lowest BCUT2D eigenvalue weighted by molar-refractivity contribution is 1.07. The van der Waals surface area contributed by atoms with Gasteiger partial charge < -0.3 is 5.32 Å². The van der Waals surface area contributed by atoms with Crippen molar-refractivity contribution in [2.45, 2.75) is 67.7 Å². The number of hydrogen-bond donors (Lipinski definition) is 1. The summed E-state index contributed by atoms with van der Waals surface area (Å²) in [5.41, 5.74) is 20.0. The fraction of sp³-hybridized carbons (Fsp3) is 0.297. The molecule has 1 heteroatoms. The van der Waals surface area contributed by atoms with Gasteiger partial charge in [-0.05, 0) is 145 Å². The molecule has 0 heterocycles. The van der Waals surface area contributed by atoms with E-state index in [0.29, 0.717) is 0 Å². The number of hydrogen-bond acceptors (Lipinski definition) is 1. The largest absolute Gasteiger partial charge is 0.388 e. The first-order valence-corrected chi connectivity index (χ1v) is 13.9. The second-order valence-electron chi connectivity index (χ2n) is 10.9. The molecule has 0 fully saturated rings. The number of anilines is 1. The lowest BCUT2D eigenvalue weighted by Crippen LogP contribution is -2.02. The van der Waals surface area contributed by atoms with Gasteiger partial charge in [0.1, 0.15) is 0 Å². The third-order valence-corrected chi connectivity index (χ3v) is 8.41. The quantitative estimate of drug-likeness (QED) is 0.253. The maximum atomic E-state index is 4.06. The molecule has 0 saturated carbocycles. The minimum atomic E-state index is 0.924. The zero-order valence-corrected chi connectivity index (χ0v) is 24.6. The van der Waals surface area contributed by atoms with Gasteiger partial charge in [-0.1, -0.05) is 68.1 Å². The molecule has 0 saturated heterocycles. The van der Waals surface area contributed by atoms with Gasteiger partial charge in [0.2, 0.25) is 0 Å². The molecule has 196 valence electrons. The van der Waals surface area contributed by atoms with Crippen LogP contribution in [0.25, 0.3) is 17.2 Å². The third-order valence-electron chi connectivity index (χ3n) is 8.41. The Kier molecular flexibility index (Phi) is 8.26. The van der Waals surface area contributed by atoms with Crippen LogP contribution in [0.1, 0.15) is 73.7 Å². The van der Waals surface area contributed by atoms with E-state index in [1.807, 2.05) is 13.1 Å². The van der Waals surface area contributed by atoms with Gasteiger partial charge in [-0.2, -0.15) is 0 Å². The summed E-state index contributed by atoms with van der Waals surface area (Å²) in [5.74, 6) is 0. The third kappa shape index (κ3) is 5.48. The molecule has 4 aromatic carbocycles. The molecule has 0 aliphatic carbocycles. The van der Waals surface area contributed by atoms with Gasteiger partial charge in [0.25, 0.3) is 0 Å². The summed E-state index contributed by atoms with van der Waals surface area (Å²) in [6.07, 6.45) is 4.87. The predicted molar refractivity (Wildman–Crippen MR) is 168 cm³/mol. The molecule has 1 N–H and O–H groups in total. The molecule has 0 aromatic heterocycles. The number of nitrogens with one attached hydrogen (secondary N) is 1. The van der Waals surface area contributed by atoms with Crippen LogP contribution >= 0.6 is 0 Å². The van der Waals surface area contributed by atoms with Crippen LogP contribution in [-0.2, 0) is 19.3 Å². The van der Waals surface area contributed by atoms with E-state index >= 15 is 0 Å². The van der Waals surface area contributed by atoms with Crippen molar-refractivity contribution in [1.29, 1.82) is 0 Å². The lowest BCUT2D eigenvalue weighted by atomic mass is 9.86. The van der Waals surface area contributed by atoms with Crippen LogP contribution in [-0.4, -0.2) is 7.05 Å². The topological polar surface area (TPSA) is 12.0 Å². The van der Waals surface area contributed by atoms with E-state index in [1.165, 1.54) is 83.6 Å². The molecular weight excluding hydrogens is 458 g/mol. The van der Waals surface area contributed by atoms with Gasteiger partial charge in [-0.15, -0.1) is 0 Å². The fourth-order valence-electron chi connectivity index (χ4n) is 5.79. The van der Waals surface area contributed by atoms with Gasteiger partial charge in [0, 0.05) is 12.7 Å². The van der Waals surface area contributed by atoms with Crippen LogP contribution in [0.3, 0.4) is 0 Å². The first-order chi connectivity index (χ1) is 18.2. The summed E-state index contributed by atoms with van der Waals surface area (Å²) >= 11 is 0. The average molecular weight is 502 g/mol. The maximum Gasteiger partial charge on any atom is 0.0376 e. The van der Waals surface area contributed by atoms with Crippen molar-refractivity contribution in [2.24, 2.45) is 0 Å². The van der Waals surface area contributed by atoms with Crippen LogP contribution < -0.4 is 5.32 Å². The Balaban J connectivity index is 1.83. The van der Waals surface area contributed by atoms with Crippen LogP contribution in [0.2, 0.25) is 0 Å². The standard InChI is InChI=1S/C37H43N/c1-10-32-18-31(19-33-15-13-24(4)34(11-2)27(33)7)21-35(26(32)6)36-20-30(22-37(38-9)28(36)8)17-29-14-12-23(3)25(5)16-29/h11-16,18,20-22,38H,2,10,17,19H2,1,3-9H3. The molecule has 0 radical (unpaired) electrons. The van der Waals surface area contributed by atoms with E-state index in [0.717, 1.165) is 19.3 Å². The molecule has 4 rings (SSSR count). The van der Waals surface area contributed by atoms with E-state index in [-0.39, 0.29) is 0 Å². The second kappa shape index (κ2) is 11.4. The SMILES string of the molecule is C=Cc1c(C)ccc(Cc2cc(CC)c(C)c(-c3cc(Cc4ccc(C)c(C)c4)cc(NC)c3C)c2)c1C. The van der Waals surface area contributed by atoms with Crippen LogP contribution in [0.15, 0.2) is 61.2 Å². The highest BCUT2D eigenvalue weighted by Crippen LogP contribution is 2.36. The number of rotatable bonds is 8. The Labute approximate surface area is 230 Å². The Hall–Kier alpha value is -3.58. The van der Waals surface area contributed by atoms with Crippen molar-refractivity contribution in [3.05, 3.63) is 128 Å². The Morgan fingerprint density at radius 2 is 1.29 bits per heavy atom. The van der Waals surface area contributed by atoms with E-state index < -0.39 is 0 Å². The fourth-order valence-corrected chi connectivity index (χ4v) is 5.79. The Morgan fingerprint density at radius 1 is 0.632 bits per heavy atom. The molecule has 0 spiro atoms. The van der Waals surface area contributed by atoms with Gasteiger partial charge in [-0.25, -0.2) is 0 Å². The molecule has 0 bridgehead atoms. The minimum Gasteiger partial charge on any atom is -0.388 e. The molecule has 38 heavy (non-hydrogen) atoms. The van der Waals surface area contributed by atoms with Crippen molar-refractivity contribution in [2.75, 3.05) is 12.4 Å². The van der Waals surface area contributed by atoms with E-state index in [9.17, 15) is 0 Å². The van der Waals surface area contributed by atoms with Crippen LogP contribution in [0.5, 0.6) is 0 Å². The zero-order chi connectivity index (χ0) is 27.6. The van der Waals surface area contributed by atoms with E-state index in [2.05, 4.69) is 115 Å². The van der Waals surface area contributed by atoms with Crippen molar-refractivity contribution in [3.8, 4) is 11.1 Å². The summed E-state index contributed by atoms with van der Waals surface area (Å²) < 4.78 is 0. The lowest BCUT2D eigenvalue weighted by Gasteiger charge is -2.20. The molecule has 4 aromatic rings. The van der Waals surface area contributed by atoms with E-state index in [1.54, 1.807) is 0 Å². The minimum absolute atomic E-state index is 0.924. The molecular formula is C37H43N. The first kappa shape index (κ1) is 27.5. The Bertz CT molecular complexity index is 1500. The highest BCUT2D eigenvalue weighted by Gasteiger charge is 2.16. The van der Waals surface area contributed by atoms with Crippen molar-refractivity contribution in [1.82, 2.24) is 0 Å². The molecule has 0 atom stereocenters. The van der Waals surface area contributed by atoms with Crippen LogP contribution in [0.4, 0.5) is 5.69 Å². The molecule has 0 unspecified atom stereocenters. The second-order valence-corrected chi connectivity index (χ2v) is 10.9. The van der Waals surface area contributed by atoms with Gasteiger partial charge in [0.15, 0.2) is 0 Å². The van der Waals surface area contributed by atoms with Gasteiger partial charge >= 0.3 is 0 Å². The zero-order valence-electron chi connectivity index (χ0n) is 24.6. The van der Waals surface area contributed by atoms with Crippen molar-refractivity contribution >= 4 is 11.8 Å². The smallest absolute Gasteiger partial charge is 0.0376 e. The highest BCUT2D eigenvalue weighted by atomic mass is 14.8. The summed E-state index contributed by atoms with van der Waals surface area (Å²) in [6, 6.07) is 20.9. The number of benzene rings is 4. The van der Waals surface area contributed by atoms with Crippen molar-refractivity contribution in [3.63, 3.8) is 0 Å². The normalized spacial score (nSPS) is 11.1. The molecule has 0 aliphatic heterocycles. The summed E-state index contributed by atoms with van der Waals surface area (Å²) in [6.45, 7) is 19.6. The maximum absolute atomic E-state index is 4.06. The predicted octanol–water partition coefficient (Wildman–Crippen LogP) is 9.63. The Morgan fingerprint density at radius 3 is 1.92 bits per heavy atom. The average Bonchev–Trinajstić information content (AvgIpc) is 2.90. The first-order valence-electron chi connectivity index (χ1n) is 13.9. The molecule has 0 amide bonds. The van der Waals surface area contributed by atoms with Gasteiger partial charge in [-0.3, -0.25) is 0 Å². The van der Waals surface area contributed by atoms with Crippen molar-refractivity contribution < 1.29 is 0 Å². The molecule has 1 nitrogen and oxygen atoms in total. The van der Waals surface area contributed by atoms with E-state index in [4.69, 9.17) is 0 Å². The monoisotopic (exact) mass is 501 g/mol. The highest BCUT2D eigenvalue weighted by molar-refractivity contribution is 5.78. The van der Waals surface area contributed by atoms with Crippen LogP contribution in [0, 0.1) is 41.5 Å². The molecule has 0 aliphatic rings. The summed E-state index contributed by atoms with van der Waals surface area (Å²) in [5, 5.41) is 3.47.